The highest BCUT2D eigenvalue weighted by molar-refractivity contribution is 7.07. The molecule has 0 radical (unpaired) electrons. The molecular weight excluding hydrogens is 238 g/mol. The van der Waals surface area contributed by atoms with E-state index in [-0.39, 0.29) is 11.5 Å². The van der Waals surface area contributed by atoms with Crippen molar-refractivity contribution in [3.05, 3.63) is 39.1 Å². The summed E-state index contributed by atoms with van der Waals surface area (Å²) < 4.78 is 1.81. The summed E-state index contributed by atoms with van der Waals surface area (Å²) in [7, 11) is 0. The zero-order valence-electron chi connectivity index (χ0n) is 8.75. The number of H-pyrrole nitrogens is 1. The molecule has 3 heterocycles. The number of fused-ring (bicyclic) bond motifs is 1. The lowest BCUT2D eigenvalue weighted by molar-refractivity contribution is 0.817. The fraction of sp³-hybridized carbons (Fsp3) is 0.100. The number of hydrogen-bond donors (Lipinski definition) is 2. The Morgan fingerprint density at radius 1 is 1.53 bits per heavy atom. The first-order valence-electron chi connectivity index (χ1n) is 4.96. The topological polar surface area (TPSA) is 89.6 Å². The number of nitrogen functional groups attached to an aromatic ring is 1. The molecule has 0 bridgehead atoms. The van der Waals surface area contributed by atoms with Crippen LogP contribution in [0.5, 0.6) is 0 Å². The first-order valence-corrected chi connectivity index (χ1v) is 5.90. The summed E-state index contributed by atoms with van der Waals surface area (Å²) in [5, 5.41) is 4.05. The van der Waals surface area contributed by atoms with Crippen molar-refractivity contribution >= 4 is 28.4 Å². The lowest BCUT2D eigenvalue weighted by atomic mass is 10.3. The molecule has 0 amide bonds. The number of aromatic amines is 1. The van der Waals surface area contributed by atoms with Gasteiger partial charge in [0.1, 0.15) is 0 Å². The van der Waals surface area contributed by atoms with Crippen LogP contribution in [0.15, 0.2) is 27.9 Å². The van der Waals surface area contributed by atoms with Crippen molar-refractivity contribution in [1.82, 2.24) is 19.5 Å². The molecule has 0 aliphatic heterocycles. The van der Waals surface area contributed by atoms with Crippen LogP contribution >= 0.6 is 11.3 Å². The summed E-state index contributed by atoms with van der Waals surface area (Å²) in [4.78, 5) is 22.1. The summed E-state index contributed by atoms with van der Waals surface area (Å²) in [5.74, 6) is 0.106. The summed E-state index contributed by atoms with van der Waals surface area (Å²) in [6.07, 6.45) is 1.60. The number of hydrogen-bond acceptors (Lipinski definition) is 5. The predicted molar refractivity (Wildman–Crippen MR) is 66.0 cm³/mol. The van der Waals surface area contributed by atoms with Crippen molar-refractivity contribution < 1.29 is 0 Å². The number of nitrogens with zero attached hydrogens (tertiary/aromatic N) is 3. The minimum absolute atomic E-state index is 0.106. The highest BCUT2D eigenvalue weighted by Gasteiger charge is 2.09. The molecule has 0 atom stereocenters. The van der Waals surface area contributed by atoms with Gasteiger partial charge in [-0.2, -0.15) is 16.3 Å². The Kier molecular flexibility index (Phi) is 2.19. The quantitative estimate of drug-likeness (QED) is 0.701. The molecule has 0 spiro atoms. The van der Waals surface area contributed by atoms with Gasteiger partial charge in [-0.05, 0) is 22.4 Å². The highest BCUT2D eigenvalue weighted by Crippen LogP contribution is 2.12. The van der Waals surface area contributed by atoms with Crippen LogP contribution < -0.4 is 11.3 Å². The average molecular weight is 247 g/mol. The molecule has 3 aromatic heterocycles. The SMILES string of the molecule is Nc1nc2c(ncn2Cc2ccsc2)c(=O)[nH]1. The zero-order valence-corrected chi connectivity index (χ0v) is 9.57. The Labute approximate surface area is 99.8 Å². The van der Waals surface area contributed by atoms with Gasteiger partial charge in [-0.3, -0.25) is 9.78 Å². The second kappa shape index (κ2) is 3.70. The number of anilines is 1. The predicted octanol–water partition coefficient (Wildman–Crippen LogP) is 0.812. The Balaban J connectivity index is 2.15. The minimum Gasteiger partial charge on any atom is -0.369 e. The van der Waals surface area contributed by atoms with Crippen LogP contribution in [0.4, 0.5) is 5.95 Å². The van der Waals surface area contributed by atoms with Crippen molar-refractivity contribution in [2.24, 2.45) is 0 Å². The molecule has 3 N–H and O–H groups in total. The van der Waals surface area contributed by atoms with Gasteiger partial charge in [-0.1, -0.05) is 0 Å². The van der Waals surface area contributed by atoms with Gasteiger partial charge in [0, 0.05) is 0 Å². The third kappa shape index (κ3) is 1.70. The molecular formula is C10H9N5OS. The van der Waals surface area contributed by atoms with Gasteiger partial charge >= 0.3 is 0 Å². The van der Waals surface area contributed by atoms with E-state index >= 15 is 0 Å². The van der Waals surface area contributed by atoms with E-state index in [1.165, 1.54) is 0 Å². The monoisotopic (exact) mass is 247 g/mol. The van der Waals surface area contributed by atoms with Crippen LogP contribution in [-0.2, 0) is 6.54 Å². The van der Waals surface area contributed by atoms with E-state index in [0.29, 0.717) is 17.7 Å². The number of nitrogens with one attached hydrogen (secondary N) is 1. The van der Waals surface area contributed by atoms with E-state index in [1.807, 2.05) is 21.4 Å². The second-order valence-electron chi connectivity index (χ2n) is 3.63. The average Bonchev–Trinajstić information content (AvgIpc) is 2.89. The lowest BCUT2D eigenvalue weighted by Crippen LogP contribution is -2.12. The molecule has 0 saturated carbocycles. The van der Waals surface area contributed by atoms with Crippen molar-refractivity contribution in [3.63, 3.8) is 0 Å². The molecule has 0 unspecified atom stereocenters. The maximum atomic E-state index is 11.6. The maximum Gasteiger partial charge on any atom is 0.280 e. The van der Waals surface area contributed by atoms with Gasteiger partial charge in [0.2, 0.25) is 5.95 Å². The van der Waals surface area contributed by atoms with E-state index in [2.05, 4.69) is 15.0 Å². The summed E-state index contributed by atoms with van der Waals surface area (Å²) in [6, 6.07) is 2.02. The van der Waals surface area contributed by atoms with Crippen LogP contribution in [0, 0.1) is 0 Å². The number of rotatable bonds is 2. The standard InChI is InChI=1S/C10H9N5OS/c11-10-13-8-7(9(16)14-10)12-5-15(8)3-6-1-2-17-4-6/h1-2,4-5H,3H2,(H3,11,13,14,16). The largest absolute Gasteiger partial charge is 0.369 e. The smallest absolute Gasteiger partial charge is 0.280 e. The Morgan fingerprint density at radius 3 is 3.18 bits per heavy atom. The molecule has 7 heteroatoms. The highest BCUT2D eigenvalue weighted by atomic mass is 32.1. The first-order chi connectivity index (χ1) is 8.24. The van der Waals surface area contributed by atoms with Crippen LogP contribution in [0.3, 0.4) is 0 Å². The van der Waals surface area contributed by atoms with E-state index in [1.54, 1.807) is 17.7 Å². The van der Waals surface area contributed by atoms with Crippen molar-refractivity contribution in [2.45, 2.75) is 6.54 Å². The fourth-order valence-corrected chi connectivity index (χ4v) is 2.33. The van der Waals surface area contributed by atoms with Crippen LogP contribution in [0.25, 0.3) is 11.2 Å². The Bertz CT molecular complexity index is 712. The molecule has 3 aromatic rings. The lowest BCUT2D eigenvalue weighted by Gasteiger charge is -2.01. The first kappa shape index (κ1) is 10.0. The van der Waals surface area contributed by atoms with Gasteiger partial charge in [-0.25, -0.2) is 4.98 Å². The minimum atomic E-state index is -0.309. The van der Waals surface area contributed by atoms with E-state index in [9.17, 15) is 4.79 Å². The molecule has 0 aliphatic rings. The van der Waals surface area contributed by atoms with Crippen molar-refractivity contribution in [2.75, 3.05) is 5.73 Å². The summed E-state index contributed by atoms with van der Waals surface area (Å²) in [6.45, 7) is 0.635. The van der Waals surface area contributed by atoms with Crippen LogP contribution in [-0.4, -0.2) is 19.5 Å². The zero-order chi connectivity index (χ0) is 11.8. The summed E-state index contributed by atoms with van der Waals surface area (Å²) >= 11 is 1.63. The van der Waals surface area contributed by atoms with Gasteiger partial charge in [0.25, 0.3) is 5.56 Å². The van der Waals surface area contributed by atoms with Gasteiger partial charge in [0.05, 0.1) is 12.9 Å². The van der Waals surface area contributed by atoms with Gasteiger partial charge in [-0.15, -0.1) is 0 Å². The fourth-order valence-electron chi connectivity index (χ4n) is 1.67. The van der Waals surface area contributed by atoms with Crippen LogP contribution in [0.2, 0.25) is 0 Å². The Hall–Kier alpha value is -2.15. The van der Waals surface area contributed by atoms with E-state index < -0.39 is 0 Å². The maximum absolute atomic E-state index is 11.6. The van der Waals surface area contributed by atoms with Gasteiger partial charge < -0.3 is 10.3 Å². The second-order valence-corrected chi connectivity index (χ2v) is 4.41. The Morgan fingerprint density at radius 2 is 2.41 bits per heavy atom. The normalized spacial score (nSPS) is 11.1. The molecule has 0 aromatic carbocycles. The number of aromatic nitrogens is 4. The molecule has 17 heavy (non-hydrogen) atoms. The molecule has 0 aliphatic carbocycles. The molecule has 86 valence electrons. The molecule has 6 nitrogen and oxygen atoms in total. The number of nitrogens with two attached hydrogens (primary N) is 1. The third-order valence-corrected chi connectivity index (χ3v) is 3.16. The van der Waals surface area contributed by atoms with Crippen molar-refractivity contribution in [1.29, 1.82) is 0 Å². The van der Waals surface area contributed by atoms with E-state index in [4.69, 9.17) is 5.73 Å². The van der Waals surface area contributed by atoms with E-state index in [0.717, 1.165) is 5.56 Å². The molecule has 0 saturated heterocycles. The number of thiophene rings is 1. The third-order valence-electron chi connectivity index (χ3n) is 2.43. The van der Waals surface area contributed by atoms with Gasteiger partial charge in [0.15, 0.2) is 11.2 Å². The number of imidazole rings is 1. The molecule has 3 rings (SSSR count). The van der Waals surface area contributed by atoms with Crippen molar-refractivity contribution in [3.8, 4) is 0 Å². The van der Waals surface area contributed by atoms with Crippen LogP contribution in [0.1, 0.15) is 5.56 Å². The summed E-state index contributed by atoms with van der Waals surface area (Å²) in [5.41, 5.74) is 7.19. The molecule has 0 fully saturated rings.